The Kier molecular flexibility index (Phi) is 17.0. The zero-order valence-electron chi connectivity index (χ0n) is 18.3. The van der Waals surface area contributed by atoms with E-state index < -0.39 is 0 Å². The van der Waals surface area contributed by atoms with E-state index in [1.165, 1.54) is 89.9 Å². The first-order chi connectivity index (χ1) is 12.7. The molecule has 0 amide bonds. The van der Waals surface area contributed by atoms with Crippen LogP contribution in [0.4, 0.5) is 0 Å². The second-order valence-corrected chi connectivity index (χ2v) is 10.8. The van der Waals surface area contributed by atoms with Gasteiger partial charge in [0.25, 0.3) is 0 Å². The van der Waals surface area contributed by atoms with Crippen LogP contribution < -0.4 is 0 Å². The zero-order valence-corrected chi connectivity index (χ0v) is 21.6. The molecule has 0 heterocycles. The molecule has 27 heavy (non-hydrogen) atoms. The molecule has 1 aromatic rings. The van der Waals surface area contributed by atoms with Crippen LogP contribution in [-0.2, 0) is 6.42 Å². The molecule has 0 radical (unpaired) electrons. The van der Waals surface area contributed by atoms with Crippen LogP contribution in [0.5, 0.6) is 0 Å². The first-order valence-electron chi connectivity index (χ1n) is 11.5. The van der Waals surface area contributed by atoms with Crippen molar-refractivity contribution in [1.29, 1.82) is 0 Å². The van der Waals surface area contributed by atoms with Gasteiger partial charge in [-0.3, -0.25) is 0 Å². The average molecular weight is 457 g/mol. The molecule has 0 aromatic heterocycles. The number of hydrogen-bond donors (Lipinski definition) is 0. The van der Waals surface area contributed by atoms with E-state index in [0.717, 1.165) is 5.92 Å². The van der Waals surface area contributed by atoms with Crippen LogP contribution in [0.1, 0.15) is 110 Å². The molecule has 2 atom stereocenters. The molecule has 0 aliphatic carbocycles. The average Bonchev–Trinajstić information content (AvgIpc) is 2.67. The summed E-state index contributed by atoms with van der Waals surface area (Å²) in [5, 5.41) is 0. The number of halogens is 1. The molecule has 0 saturated heterocycles. The van der Waals surface area contributed by atoms with Crippen molar-refractivity contribution in [2.45, 2.75) is 115 Å². The van der Waals surface area contributed by atoms with E-state index in [4.69, 9.17) is 0 Å². The van der Waals surface area contributed by atoms with Crippen LogP contribution in [0.3, 0.4) is 0 Å². The minimum Gasteiger partial charge on any atom is -0.147 e. The molecule has 0 spiro atoms. The number of hydrogen-bond acceptors (Lipinski definition) is 0. The molecule has 0 aliphatic heterocycles. The summed E-state index contributed by atoms with van der Waals surface area (Å²) in [6, 6.07) is 11.3. The Balaban J connectivity index is 0.00000676. The van der Waals surface area contributed by atoms with E-state index in [9.17, 15) is 0 Å². The maximum Gasteiger partial charge on any atom is -0.147 e. The summed E-state index contributed by atoms with van der Waals surface area (Å²) < 4.78 is 0.582. The zero-order chi connectivity index (χ0) is 19.1. The standard InChI is InChI=1S/C25H45As.ClH/c1-4-7-10-11-12-16-19-24(22-23-17-14-13-15-18-23)25(26,20-8-5-2)21-9-6-3;/h13-15,17-18,24H,4-12,16,19-22,26H2,1-3H3;1H. The van der Waals surface area contributed by atoms with Crippen molar-refractivity contribution >= 4 is 29.3 Å². The minimum absolute atomic E-state index is 0. The van der Waals surface area contributed by atoms with Gasteiger partial charge in [0.05, 0.1) is 0 Å². The third kappa shape index (κ3) is 11.6. The second-order valence-electron chi connectivity index (χ2n) is 8.38. The third-order valence-corrected chi connectivity index (χ3v) is 8.24. The topological polar surface area (TPSA) is 0 Å². The molecule has 1 rings (SSSR count). The predicted octanol–water partition coefficient (Wildman–Crippen LogP) is 8.19. The molecule has 0 fully saturated rings. The maximum absolute atomic E-state index is 2.35. The Morgan fingerprint density at radius 1 is 0.741 bits per heavy atom. The van der Waals surface area contributed by atoms with Gasteiger partial charge in [-0.1, -0.05) is 0 Å². The molecule has 1 aromatic carbocycles. The monoisotopic (exact) mass is 456 g/mol. The summed E-state index contributed by atoms with van der Waals surface area (Å²) in [7, 11) is 0. The molecular formula is C25H46AsCl. The van der Waals surface area contributed by atoms with Crippen LogP contribution in [0, 0.1) is 5.92 Å². The Morgan fingerprint density at radius 3 is 1.81 bits per heavy atom. The fourth-order valence-electron chi connectivity index (χ4n) is 4.21. The fourth-order valence-corrected chi connectivity index (χ4v) is 5.66. The summed E-state index contributed by atoms with van der Waals surface area (Å²) >= 11 is 2.05. The second kappa shape index (κ2) is 17.0. The molecule has 0 aliphatic rings. The quantitative estimate of drug-likeness (QED) is 0.174. The summed E-state index contributed by atoms with van der Waals surface area (Å²) in [6.45, 7) is 7.02. The molecule has 0 bridgehead atoms. The molecule has 2 heteroatoms. The predicted molar refractivity (Wildman–Crippen MR) is 129 cm³/mol. The van der Waals surface area contributed by atoms with Crippen molar-refractivity contribution in [1.82, 2.24) is 0 Å². The van der Waals surface area contributed by atoms with Crippen molar-refractivity contribution in [2.24, 2.45) is 5.92 Å². The summed E-state index contributed by atoms with van der Waals surface area (Å²) in [5.41, 5.74) is 1.55. The number of unbranched alkanes of at least 4 members (excludes halogenated alkanes) is 7. The van der Waals surface area contributed by atoms with Crippen molar-refractivity contribution in [3.63, 3.8) is 0 Å². The van der Waals surface area contributed by atoms with Crippen molar-refractivity contribution < 1.29 is 0 Å². The maximum atomic E-state index is 2.35. The summed E-state index contributed by atoms with van der Waals surface area (Å²) in [5.74, 6) is 0.870. The fraction of sp³-hybridized carbons (Fsp3) is 0.760. The van der Waals surface area contributed by atoms with E-state index in [1.807, 2.05) is 0 Å². The van der Waals surface area contributed by atoms with Gasteiger partial charge < -0.3 is 0 Å². The molecule has 158 valence electrons. The van der Waals surface area contributed by atoms with Gasteiger partial charge in [0.2, 0.25) is 0 Å². The number of rotatable bonds is 16. The van der Waals surface area contributed by atoms with Gasteiger partial charge in [-0.2, -0.15) is 0 Å². The van der Waals surface area contributed by atoms with Gasteiger partial charge in [-0.05, 0) is 0 Å². The van der Waals surface area contributed by atoms with E-state index in [1.54, 1.807) is 5.56 Å². The van der Waals surface area contributed by atoms with Crippen molar-refractivity contribution in [3.05, 3.63) is 35.9 Å². The van der Waals surface area contributed by atoms with E-state index in [2.05, 4.69) is 68.0 Å². The van der Waals surface area contributed by atoms with Crippen LogP contribution in [0.2, 0.25) is 4.20 Å². The Labute approximate surface area is 185 Å². The van der Waals surface area contributed by atoms with E-state index in [-0.39, 0.29) is 12.4 Å². The minimum atomic E-state index is 0. The Bertz CT molecular complexity index is 423. The molecule has 0 saturated carbocycles. The van der Waals surface area contributed by atoms with Crippen molar-refractivity contribution in [2.75, 3.05) is 0 Å². The molecule has 0 nitrogen and oxygen atoms in total. The van der Waals surface area contributed by atoms with Crippen LogP contribution in [0.25, 0.3) is 0 Å². The Morgan fingerprint density at radius 2 is 1.26 bits per heavy atom. The van der Waals surface area contributed by atoms with Crippen LogP contribution in [0.15, 0.2) is 30.3 Å². The van der Waals surface area contributed by atoms with Crippen molar-refractivity contribution in [3.8, 4) is 0 Å². The first kappa shape index (κ1) is 27.1. The largest absolute Gasteiger partial charge is 0.147 e. The van der Waals surface area contributed by atoms with Gasteiger partial charge in [-0.25, -0.2) is 0 Å². The number of benzene rings is 1. The molecular weight excluding hydrogens is 411 g/mol. The van der Waals surface area contributed by atoms with Gasteiger partial charge in [0.1, 0.15) is 0 Å². The van der Waals surface area contributed by atoms with E-state index in [0.29, 0.717) is 4.20 Å². The summed E-state index contributed by atoms with van der Waals surface area (Å²) in [6.07, 6.45) is 19.6. The van der Waals surface area contributed by atoms with Crippen LogP contribution in [-0.4, -0.2) is 16.9 Å². The SMILES string of the molecule is CCCCCCCCC(Cc1ccccc1)C([AsH2])(CCCC)CCCC.Cl. The van der Waals surface area contributed by atoms with Gasteiger partial charge in [0.15, 0.2) is 0 Å². The third-order valence-electron chi connectivity index (χ3n) is 6.04. The van der Waals surface area contributed by atoms with Gasteiger partial charge >= 0.3 is 174 Å². The van der Waals surface area contributed by atoms with Crippen LogP contribution >= 0.6 is 12.4 Å². The smallest absolute Gasteiger partial charge is 0.147 e. The molecule has 2 unspecified atom stereocenters. The molecule has 0 N–H and O–H groups in total. The van der Waals surface area contributed by atoms with Gasteiger partial charge in [0, 0.05) is 0 Å². The summed E-state index contributed by atoms with van der Waals surface area (Å²) in [4.78, 5) is 0. The van der Waals surface area contributed by atoms with Gasteiger partial charge in [-0.15, -0.1) is 12.4 Å². The Hall–Kier alpha value is 0.0684. The first-order valence-corrected chi connectivity index (χ1v) is 12.7. The normalized spacial score (nSPS) is 12.6. The van der Waals surface area contributed by atoms with E-state index >= 15 is 0 Å².